The molecule has 0 saturated heterocycles. The average molecular weight is 189 g/mol. The van der Waals surface area contributed by atoms with Crippen molar-refractivity contribution in [3.8, 4) is 0 Å². The highest BCUT2D eigenvalue weighted by atomic mass is 15.1. The summed E-state index contributed by atoms with van der Waals surface area (Å²) in [5.74, 6) is 0.590. The second-order valence-electron chi connectivity index (χ2n) is 4.47. The van der Waals surface area contributed by atoms with Gasteiger partial charge in [0.15, 0.2) is 0 Å². The van der Waals surface area contributed by atoms with Crippen LogP contribution in [-0.4, -0.2) is 25.0 Å². The van der Waals surface area contributed by atoms with Crippen LogP contribution in [0.25, 0.3) is 0 Å². The van der Waals surface area contributed by atoms with E-state index in [-0.39, 0.29) is 0 Å². The van der Waals surface area contributed by atoms with E-state index in [0.717, 1.165) is 6.54 Å². The fourth-order valence-corrected chi connectivity index (χ4v) is 2.12. The Kier molecular flexibility index (Phi) is 2.87. The van der Waals surface area contributed by atoms with Crippen LogP contribution in [0.2, 0.25) is 0 Å². The highest BCUT2D eigenvalue weighted by Gasteiger charge is 2.12. The van der Waals surface area contributed by atoms with Gasteiger partial charge in [-0.2, -0.15) is 0 Å². The first kappa shape index (κ1) is 9.72. The van der Waals surface area contributed by atoms with Crippen molar-refractivity contribution in [3.05, 3.63) is 35.5 Å². The molecule has 76 valence electrons. The van der Waals surface area contributed by atoms with Gasteiger partial charge in [-0.25, -0.2) is 0 Å². The Hall–Kier alpha value is -0.820. The van der Waals surface area contributed by atoms with Gasteiger partial charge in [-0.1, -0.05) is 31.2 Å². The number of allylic oxidation sites excluding steroid dienone is 4. The summed E-state index contributed by atoms with van der Waals surface area (Å²) < 4.78 is 0. The van der Waals surface area contributed by atoms with E-state index in [0.29, 0.717) is 5.92 Å². The topological polar surface area (TPSA) is 3.24 Å². The van der Waals surface area contributed by atoms with Gasteiger partial charge in [0.2, 0.25) is 0 Å². The molecule has 2 aliphatic rings. The lowest BCUT2D eigenvalue weighted by atomic mass is 10.0. The van der Waals surface area contributed by atoms with Crippen LogP contribution in [0.4, 0.5) is 0 Å². The third-order valence-electron chi connectivity index (χ3n) is 3.04. The molecule has 1 aliphatic heterocycles. The fourth-order valence-electron chi connectivity index (χ4n) is 2.12. The lowest BCUT2D eigenvalue weighted by Crippen LogP contribution is -2.20. The van der Waals surface area contributed by atoms with Gasteiger partial charge in [0.05, 0.1) is 0 Å². The van der Waals surface area contributed by atoms with Crippen molar-refractivity contribution >= 4 is 0 Å². The normalized spacial score (nSPS) is 28.6. The van der Waals surface area contributed by atoms with E-state index < -0.39 is 0 Å². The molecule has 0 spiro atoms. The first-order valence-electron chi connectivity index (χ1n) is 5.52. The van der Waals surface area contributed by atoms with Crippen LogP contribution in [-0.2, 0) is 0 Å². The smallest absolute Gasteiger partial charge is 0.0233 e. The maximum Gasteiger partial charge on any atom is 0.0233 e. The molecule has 0 aromatic rings. The molecule has 1 heteroatoms. The Bertz CT molecular complexity index is 296. The molecule has 1 unspecified atom stereocenters. The van der Waals surface area contributed by atoms with E-state index in [1.807, 2.05) is 0 Å². The van der Waals surface area contributed by atoms with Crippen LogP contribution >= 0.6 is 0 Å². The monoisotopic (exact) mass is 189 g/mol. The predicted molar refractivity (Wildman–Crippen MR) is 61.2 cm³/mol. The first-order chi connectivity index (χ1) is 6.75. The third-order valence-corrected chi connectivity index (χ3v) is 3.04. The van der Waals surface area contributed by atoms with E-state index in [9.17, 15) is 0 Å². The summed E-state index contributed by atoms with van der Waals surface area (Å²) in [5, 5.41) is 0. The maximum atomic E-state index is 2.41. The minimum absolute atomic E-state index is 0.590. The number of likely N-dealkylation sites (N-methyl/N-ethyl adjacent to an activating group) is 1. The maximum absolute atomic E-state index is 2.41. The highest BCUT2D eigenvalue weighted by molar-refractivity contribution is 5.38. The summed E-state index contributed by atoms with van der Waals surface area (Å²) >= 11 is 0. The molecule has 0 N–H and O–H groups in total. The Morgan fingerprint density at radius 1 is 1.21 bits per heavy atom. The lowest BCUT2D eigenvalue weighted by molar-refractivity contribution is 0.368. The molecule has 0 radical (unpaired) electrons. The Labute approximate surface area is 86.8 Å². The Balaban J connectivity index is 2.25. The van der Waals surface area contributed by atoms with Gasteiger partial charge in [-0.15, -0.1) is 0 Å². The number of hydrogen-bond acceptors (Lipinski definition) is 1. The van der Waals surface area contributed by atoms with Crippen LogP contribution in [0.3, 0.4) is 0 Å². The van der Waals surface area contributed by atoms with Gasteiger partial charge in [-0.3, -0.25) is 0 Å². The molecule has 1 heterocycles. The minimum Gasteiger partial charge on any atom is -0.302 e. The van der Waals surface area contributed by atoms with Crippen molar-refractivity contribution in [3.63, 3.8) is 0 Å². The molecule has 1 atom stereocenters. The van der Waals surface area contributed by atoms with Crippen LogP contribution in [0, 0.1) is 5.92 Å². The highest BCUT2D eigenvalue weighted by Crippen LogP contribution is 2.23. The quantitative estimate of drug-likeness (QED) is 0.566. The summed E-state index contributed by atoms with van der Waals surface area (Å²) in [6, 6.07) is 0. The summed E-state index contributed by atoms with van der Waals surface area (Å²) in [6.45, 7) is 4.58. The van der Waals surface area contributed by atoms with E-state index >= 15 is 0 Å². The van der Waals surface area contributed by atoms with E-state index in [1.54, 1.807) is 5.57 Å². The Morgan fingerprint density at radius 2 is 1.93 bits per heavy atom. The summed E-state index contributed by atoms with van der Waals surface area (Å²) in [4.78, 5) is 2.41. The molecule has 0 saturated carbocycles. The summed E-state index contributed by atoms with van der Waals surface area (Å²) in [7, 11) is 2.21. The van der Waals surface area contributed by atoms with Crippen molar-refractivity contribution in [1.29, 1.82) is 0 Å². The lowest BCUT2D eigenvalue weighted by Gasteiger charge is -2.13. The van der Waals surface area contributed by atoms with Gasteiger partial charge in [-0.05, 0) is 43.5 Å². The first-order valence-corrected chi connectivity index (χ1v) is 5.52. The van der Waals surface area contributed by atoms with Gasteiger partial charge in [0.1, 0.15) is 0 Å². The largest absolute Gasteiger partial charge is 0.302 e. The molecular weight excluding hydrogens is 170 g/mol. The molecule has 0 aromatic carbocycles. The Morgan fingerprint density at radius 3 is 2.71 bits per heavy atom. The predicted octanol–water partition coefficient (Wildman–Crippen LogP) is 2.77. The molecule has 2 rings (SSSR count). The van der Waals surface area contributed by atoms with E-state index in [4.69, 9.17) is 0 Å². The standard InChI is InChI=1S/C13H19N/c1-11-5-7-12-4-3-9-14(2)10-13(12)8-6-11/h5-8,11H,3-4,9-10H2,1-2H3. The third kappa shape index (κ3) is 2.16. The van der Waals surface area contributed by atoms with Crippen molar-refractivity contribution in [1.82, 2.24) is 4.90 Å². The van der Waals surface area contributed by atoms with E-state index in [1.165, 1.54) is 25.0 Å². The fraction of sp³-hybridized carbons (Fsp3) is 0.538. The van der Waals surface area contributed by atoms with Crippen molar-refractivity contribution in [2.45, 2.75) is 19.8 Å². The van der Waals surface area contributed by atoms with Gasteiger partial charge < -0.3 is 4.90 Å². The molecule has 0 bridgehead atoms. The second-order valence-corrected chi connectivity index (χ2v) is 4.47. The van der Waals surface area contributed by atoms with Crippen molar-refractivity contribution in [2.75, 3.05) is 20.1 Å². The average Bonchev–Trinajstić information content (AvgIpc) is 2.41. The molecule has 14 heavy (non-hydrogen) atoms. The van der Waals surface area contributed by atoms with Crippen LogP contribution in [0.15, 0.2) is 35.5 Å². The van der Waals surface area contributed by atoms with Crippen LogP contribution in [0.5, 0.6) is 0 Å². The second kappa shape index (κ2) is 4.14. The SMILES string of the molecule is CC1C=CC2=C(C=C1)CN(C)CCC2. The summed E-state index contributed by atoms with van der Waals surface area (Å²) in [5.41, 5.74) is 3.07. The summed E-state index contributed by atoms with van der Waals surface area (Å²) in [6.07, 6.45) is 11.8. The van der Waals surface area contributed by atoms with Crippen LogP contribution < -0.4 is 0 Å². The van der Waals surface area contributed by atoms with Gasteiger partial charge in [0, 0.05) is 6.54 Å². The molecule has 1 aliphatic carbocycles. The number of rotatable bonds is 0. The number of hydrogen-bond donors (Lipinski definition) is 0. The zero-order valence-corrected chi connectivity index (χ0v) is 9.16. The van der Waals surface area contributed by atoms with Crippen LogP contribution in [0.1, 0.15) is 19.8 Å². The molecule has 0 fully saturated rings. The molecule has 1 nitrogen and oxygen atoms in total. The van der Waals surface area contributed by atoms with Gasteiger partial charge in [0.25, 0.3) is 0 Å². The molecule has 0 amide bonds. The van der Waals surface area contributed by atoms with Gasteiger partial charge >= 0.3 is 0 Å². The zero-order valence-electron chi connectivity index (χ0n) is 9.16. The molecular formula is C13H19N. The number of nitrogens with zero attached hydrogens (tertiary/aromatic N) is 1. The minimum atomic E-state index is 0.590. The molecule has 0 aromatic heterocycles. The zero-order chi connectivity index (χ0) is 9.97. The van der Waals surface area contributed by atoms with Crippen molar-refractivity contribution in [2.24, 2.45) is 5.92 Å². The van der Waals surface area contributed by atoms with Crippen molar-refractivity contribution < 1.29 is 0 Å². The van der Waals surface area contributed by atoms with E-state index in [2.05, 4.69) is 43.2 Å².